The number of likely N-dealkylation sites (tertiary alicyclic amines) is 1. The molecule has 1 heterocycles. The molecule has 0 aliphatic carbocycles. The van der Waals surface area contributed by atoms with Crippen molar-refractivity contribution in [3.8, 4) is 5.75 Å². The van der Waals surface area contributed by atoms with Gasteiger partial charge in [-0.25, -0.2) is 0 Å². The number of hydrogen-bond donors (Lipinski definition) is 1. The zero-order chi connectivity index (χ0) is 16.8. The third kappa shape index (κ3) is 4.74. The minimum atomic E-state index is 0.556. The summed E-state index contributed by atoms with van der Waals surface area (Å²) in [6.45, 7) is 6.02. The molecule has 0 spiro atoms. The van der Waals surface area contributed by atoms with Gasteiger partial charge in [0.05, 0.1) is 6.61 Å². The number of nitrogens with zero attached hydrogens (tertiary/aromatic N) is 1. The Balaban J connectivity index is 1.47. The van der Waals surface area contributed by atoms with Crippen LogP contribution in [0.15, 0.2) is 53.0 Å². The molecule has 0 aromatic heterocycles. The topological polar surface area (TPSA) is 24.5 Å². The van der Waals surface area contributed by atoms with Crippen LogP contribution < -0.4 is 10.1 Å². The molecule has 2 aromatic carbocycles. The smallest absolute Gasteiger partial charge is 0.119 e. The summed E-state index contributed by atoms with van der Waals surface area (Å²) in [5.74, 6) is 0.956. The van der Waals surface area contributed by atoms with E-state index < -0.39 is 0 Å². The van der Waals surface area contributed by atoms with Crippen molar-refractivity contribution < 1.29 is 4.74 Å². The lowest BCUT2D eigenvalue weighted by atomic mass is 10.0. The number of piperidine rings is 1. The molecule has 3 nitrogen and oxygen atoms in total. The molecule has 1 fully saturated rings. The van der Waals surface area contributed by atoms with Crippen LogP contribution >= 0.6 is 15.9 Å². The first-order valence-corrected chi connectivity index (χ1v) is 9.49. The average Bonchev–Trinajstić information content (AvgIpc) is 2.61. The molecule has 24 heavy (non-hydrogen) atoms. The van der Waals surface area contributed by atoms with Crippen LogP contribution in [-0.4, -0.2) is 30.6 Å². The van der Waals surface area contributed by atoms with E-state index in [0.717, 1.165) is 36.5 Å². The highest BCUT2D eigenvalue weighted by Crippen LogP contribution is 2.25. The maximum absolute atomic E-state index is 5.51. The Labute approximate surface area is 153 Å². The van der Waals surface area contributed by atoms with Crippen LogP contribution in [0.2, 0.25) is 0 Å². The molecule has 0 atom stereocenters. The van der Waals surface area contributed by atoms with E-state index in [9.17, 15) is 0 Å². The second-order valence-electron chi connectivity index (χ2n) is 6.25. The van der Waals surface area contributed by atoms with Crippen molar-refractivity contribution in [3.05, 3.63) is 58.6 Å². The highest BCUT2D eigenvalue weighted by molar-refractivity contribution is 9.10. The second kappa shape index (κ2) is 8.54. The number of para-hydroxylation sites is 1. The molecule has 0 bridgehead atoms. The minimum Gasteiger partial charge on any atom is -0.494 e. The van der Waals surface area contributed by atoms with Gasteiger partial charge in [0.1, 0.15) is 5.75 Å². The number of benzene rings is 2. The SMILES string of the molecule is CCOc1ccc(CN2CCC(Nc3ccccc3Br)CC2)cc1. The number of anilines is 1. The maximum Gasteiger partial charge on any atom is 0.119 e. The van der Waals surface area contributed by atoms with Gasteiger partial charge in [0, 0.05) is 35.8 Å². The molecule has 1 saturated heterocycles. The number of ether oxygens (including phenoxy) is 1. The number of hydrogen-bond acceptors (Lipinski definition) is 3. The van der Waals surface area contributed by atoms with E-state index in [4.69, 9.17) is 4.74 Å². The summed E-state index contributed by atoms with van der Waals surface area (Å²) in [7, 11) is 0. The molecule has 2 aromatic rings. The van der Waals surface area contributed by atoms with Gasteiger partial charge in [-0.3, -0.25) is 4.90 Å². The lowest BCUT2D eigenvalue weighted by Gasteiger charge is -2.33. The van der Waals surface area contributed by atoms with Gasteiger partial charge in [0.25, 0.3) is 0 Å². The molecule has 0 amide bonds. The minimum absolute atomic E-state index is 0.556. The Morgan fingerprint density at radius 1 is 1.08 bits per heavy atom. The van der Waals surface area contributed by atoms with Gasteiger partial charge in [-0.2, -0.15) is 0 Å². The van der Waals surface area contributed by atoms with E-state index in [-0.39, 0.29) is 0 Å². The zero-order valence-electron chi connectivity index (χ0n) is 14.2. The summed E-state index contributed by atoms with van der Waals surface area (Å²) >= 11 is 3.61. The third-order valence-electron chi connectivity index (χ3n) is 4.46. The predicted molar refractivity (Wildman–Crippen MR) is 104 cm³/mol. The molecule has 0 saturated carbocycles. The van der Waals surface area contributed by atoms with Gasteiger partial charge in [0.2, 0.25) is 0 Å². The van der Waals surface area contributed by atoms with E-state index in [0.29, 0.717) is 6.04 Å². The Kier molecular flexibility index (Phi) is 6.16. The van der Waals surface area contributed by atoms with Gasteiger partial charge < -0.3 is 10.1 Å². The van der Waals surface area contributed by atoms with Crippen LogP contribution in [0, 0.1) is 0 Å². The monoisotopic (exact) mass is 388 g/mol. The van der Waals surface area contributed by atoms with E-state index in [1.807, 2.05) is 6.92 Å². The molecule has 0 unspecified atom stereocenters. The van der Waals surface area contributed by atoms with Crippen LogP contribution in [0.1, 0.15) is 25.3 Å². The van der Waals surface area contributed by atoms with Crippen LogP contribution in [0.4, 0.5) is 5.69 Å². The highest BCUT2D eigenvalue weighted by atomic mass is 79.9. The highest BCUT2D eigenvalue weighted by Gasteiger charge is 2.19. The second-order valence-corrected chi connectivity index (χ2v) is 7.11. The van der Waals surface area contributed by atoms with Gasteiger partial charge in [-0.15, -0.1) is 0 Å². The van der Waals surface area contributed by atoms with E-state index in [1.54, 1.807) is 0 Å². The average molecular weight is 389 g/mol. The summed E-state index contributed by atoms with van der Waals surface area (Å²) in [4.78, 5) is 2.54. The fourth-order valence-corrected chi connectivity index (χ4v) is 3.55. The first-order valence-electron chi connectivity index (χ1n) is 8.70. The number of rotatable bonds is 6. The summed E-state index contributed by atoms with van der Waals surface area (Å²) < 4.78 is 6.65. The van der Waals surface area contributed by atoms with Gasteiger partial charge in [-0.1, -0.05) is 24.3 Å². The van der Waals surface area contributed by atoms with Crippen LogP contribution in [0.5, 0.6) is 5.75 Å². The van der Waals surface area contributed by atoms with Crippen molar-refractivity contribution in [1.29, 1.82) is 0 Å². The maximum atomic E-state index is 5.51. The van der Waals surface area contributed by atoms with E-state index in [2.05, 4.69) is 74.7 Å². The first-order chi connectivity index (χ1) is 11.7. The summed E-state index contributed by atoms with van der Waals surface area (Å²) in [6.07, 6.45) is 2.36. The molecular formula is C20H25BrN2O. The van der Waals surface area contributed by atoms with Crippen molar-refractivity contribution in [2.75, 3.05) is 25.0 Å². The van der Waals surface area contributed by atoms with Crippen LogP contribution in [-0.2, 0) is 6.54 Å². The lowest BCUT2D eigenvalue weighted by Crippen LogP contribution is -2.38. The van der Waals surface area contributed by atoms with E-state index >= 15 is 0 Å². The normalized spacial score (nSPS) is 16.1. The van der Waals surface area contributed by atoms with E-state index in [1.165, 1.54) is 24.1 Å². The quantitative estimate of drug-likeness (QED) is 0.759. The Bertz CT molecular complexity index is 636. The number of nitrogens with one attached hydrogen (secondary N) is 1. The fourth-order valence-electron chi connectivity index (χ4n) is 3.15. The van der Waals surface area contributed by atoms with Gasteiger partial charge in [-0.05, 0) is 65.5 Å². The zero-order valence-corrected chi connectivity index (χ0v) is 15.8. The largest absolute Gasteiger partial charge is 0.494 e. The van der Waals surface area contributed by atoms with Gasteiger partial charge >= 0.3 is 0 Å². The lowest BCUT2D eigenvalue weighted by molar-refractivity contribution is 0.211. The molecular weight excluding hydrogens is 364 g/mol. The van der Waals surface area contributed by atoms with Gasteiger partial charge in [0.15, 0.2) is 0 Å². The molecule has 0 radical (unpaired) electrons. The van der Waals surface area contributed by atoms with Crippen molar-refractivity contribution >= 4 is 21.6 Å². The molecule has 1 N–H and O–H groups in total. The third-order valence-corrected chi connectivity index (χ3v) is 5.15. The Morgan fingerprint density at radius 2 is 1.79 bits per heavy atom. The predicted octanol–water partition coefficient (Wildman–Crippen LogP) is 4.92. The Hall–Kier alpha value is -1.52. The summed E-state index contributed by atoms with van der Waals surface area (Å²) in [5.41, 5.74) is 2.55. The van der Waals surface area contributed by atoms with Crippen molar-refractivity contribution in [1.82, 2.24) is 4.90 Å². The standard InChI is InChI=1S/C20H25BrN2O/c1-2-24-18-9-7-16(8-10-18)15-23-13-11-17(12-14-23)22-20-6-4-3-5-19(20)21/h3-10,17,22H,2,11-15H2,1H3. The molecule has 1 aliphatic rings. The van der Waals surface area contributed by atoms with Crippen LogP contribution in [0.3, 0.4) is 0 Å². The van der Waals surface area contributed by atoms with Crippen molar-refractivity contribution in [2.24, 2.45) is 0 Å². The summed E-state index contributed by atoms with van der Waals surface area (Å²) in [5, 5.41) is 3.66. The van der Waals surface area contributed by atoms with Crippen molar-refractivity contribution in [2.45, 2.75) is 32.4 Å². The molecule has 1 aliphatic heterocycles. The molecule has 4 heteroatoms. The van der Waals surface area contributed by atoms with Crippen molar-refractivity contribution in [3.63, 3.8) is 0 Å². The van der Waals surface area contributed by atoms with Crippen LogP contribution in [0.25, 0.3) is 0 Å². The fraction of sp³-hybridized carbons (Fsp3) is 0.400. The number of halogens is 1. The first kappa shape index (κ1) is 17.3. The Morgan fingerprint density at radius 3 is 2.46 bits per heavy atom. The molecule has 128 valence electrons. The summed E-state index contributed by atoms with van der Waals surface area (Å²) in [6, 6.07) is 17.4. The molecule has 3 rings (SSSR count).